The minimum absolute atomic E-state index is 0.0179. The van der Waals surface area contributed by atoms with Crippen molar-refractivity contribution in [2.45, 2.75) is 65.0 Å². The van der Waals surface area contributed by atoms with Crippen LogP contribution in [0.5, 0.6) is 0 Å². The van der Waals surface area contributed by atoms with Gasteiger partial charge >= 0.3 is 6.03 Å². The van der Waals surface area contributed by atoms with E-state index >= 15 is 0 Å². The monoisotopic (exact) mass is 410 g/mol. The first kappa shape index (κ1) is 24.9. The van der Waals surface area contributed by atoms with E-state index < -0.39 is 16.6 Å². The standard InChI is InChI=1S/C17H39ClN2O3Si2/c1-24(2,3)22-15-13-20(14-16-23-25(4,5)6)17(21)19-12-10-8-7-9-11-18/h7-16H2,1-6H3,(H,19,21). The number of hydrogen-bond donors (Lipinski definition) is 1. The SMILES string of the molecule is C[Si](C)(C)OCCN(CCO[Si](C)(C)C)C(=O)NCCCCCCCl. The maximum Gasteiger partial charge on any atom is 0.317 e. The van der Waals surface area contributed by atoms with Crippen LogP contribution in [0.15, 0.2) is 0 Å². The molecule has 25 heavy (non-hydrogen) atoms. The van der Waals surface area contributed by atoms with E-state index in [9.17, 15) is 4.79 Å². The van der Waals surface area contributed by atoms with Gasteiger partial charge in [0.25, 0.3) is 0 Å². The van der Waals surface area contributed by atoms with E-state index in [1.54, 1.807) is 0 Å². The van der Waals surface area contributed by atoms with E-state index in [0.29, 0.717) is 38.7 Å². The van der Waals surface area contributed by atoms with Gasteiger partial charge in [-0.2, -0.15) is 0 Å². The lowest BCUT2D eigenvalue weighted by atomic mass is 10.2. The Morgan fingerprint density at radius 2 is 1.36 bits per heavy atom. The summed E-state index contributed by atoms with van der Waals surface area (Å²) in [5.41, 5.74) is 0. The molecule has 2 amide bonds. The van der Waals surface area contributed by atoms with Crippen LogP contribution >= 0.6 is 11.6 Å². The molecule has 0 aliphatic heterocycles. The van der Waals surface area contributed by atoms with Crippen LogP contribution in [0.25, 0.3) is 0 Å². The average molecular weight is 411 g/mol. The lowest BCUT2D eigenvalue weighted by Gasteiger charge is -2.27. The predicted molar refractivity (Wildman–Crippen MR) is 113 cm³/mol. The van der Waals surface area contributed by atoms with Gasteiger partial charge in [0.15, 0.2) is 16.6 Å². The zero-order valence-corrected chi connectivity index (χ0v) is 19.9. The van der Waals surface area contributed by atoms with Gasteiger partial charge in [-0.1, -0.05) is 12.8 Å². The summed E-state index contributed by atoms with van der Waals surface area (Å²) in [6, 6.07) is -0.0179. The van der Waals surface area contributed by atoms with E-state index in [2.05, 4.69) is 44.6 Å². The molecule has 0 rings (SSSR count). The van der Waals surface area contributed by atoms with Crippen molar-refractivity contribution in [2.75, 3.05) is 38.7 Å². The molecule has 0 radical (unpaired) electrons. The van der Waals surface area contributed by atoms with Crippen molar-refractivity contribution in [3.63, 3.8) is 0 Å². The molecule has 150 valence electrons. The zero-order valence-electron chi connectivity index (χ0n) is 17.1. The van der Waals surface area contributed by atoms with E-state index in [-0.39, 0.29) is 6.03 Å². The number of carbonyl (C=O) groups excluding carboxylic acids is 1. The summed E-state index contributed by atoms with van der Waals surface area (Å²) in [4.78, 5) is 14.3. The first-order valence-electron chi connectivity index (χ1n) is 9.42. The Hall–Kier alpha value is -0.0862. The number of amides is 2. The molecule has 0 saturated carbocycles. The number of hydrogen-bond acceptors (Lipinski definition) is 3. The maximum atomic E-state index is 12.4. The number of unbranched alkanes of at least 4 members (excludes halogenated alkanes) is 3. The van der Waals surface area contributed by atoms with Gasteiger partial charge in [-0.05, 0) is 52.1 Å². The first-order chi connectivity index (χ1) is 11.5. The van der Waals surface area contributed by atoms with Gasteiger partial charge < -0.3 is 19.1 Å². The molecule has 0 aromatic rings. The third kappa shape index (κ3) is 17.1. The smallest absolute Gasteiger partial charge is 0.317 e. The summed E-state index contributed by atoms with van der Waals surface area (Å²) in [5.74, 6) is 0.717. The van der Waals surface area contributed by atoms with Crippen LogP contribution in [0.3, 0.4) is 0 Å². The zero-order chi connectivity index (χ0) is 19.3. The third-order valence-electron chi connectivity index (χ3n) is 3.42. The van der Waals surface area contributed by atoms with Crippen molar-refractivity contribution in [3.8, 4) is 0 Å². The Kier molecular flexibility index (Phi) is 13.1. The minimum atomic E-state index is -1.56. The highest BCUT2D eigenvalue weighted by atomic mass is 35.5. The Balaban J connectivity index is 4.26. The van der Waals surface area contributed by atoms with Gasteiger partial charge in [0, 0.05) is 25.5 Å². The largest absolute Gasteiger partial charge is 0.416 e. The van der Waals surface area contributed by atoms with E-state index in [0.717, 1.165) is 25.7 Å². The average Bonchev–Trinajstić information content (AvgIpc) is 2.46. The maximum absolute atomic E-state index is 12.4. The van der Waals surface area contributed by atoms with Crippen molar-refractivity contribution < 1.29 is 13.6 Å². The molecule has 8 heteroatoms. The minimum Gasteiger partial charge on any atom is -0.416 e. The summed E-state index contributed by atoms with van der Waals surface area (Å²) >= 11 is 5.67. The fourth-order valence-electron chi connectivity index (χ4n) is 2.12. The molecular weight excluding hydrogens is 372 g/mol. The lowest BCUT2D eigenvalue weighted by molar-refractivity contribution is 0.165. The molecule has 1 N–H and O–H groups in total. The Morgan fingerprint density at radius 1 is 0.880 bits per heavy atom. The van der Waals surface area contributed by atoms with Crippen molar-refractivity contribution in [1.29, 1.82) is 0 Å². The molecule has 0 spiro atoms. The molecule has 0 saturated heterocycles. The highest BCUT2D eigenvalue weighted by Gasteiger charge is 2.19. The van der Waals surface area contributed by atoms with Crippen LogP contribution in [0.1, 0.15) is 25.7 Å². The van der Waals surface area contributed by atoms with Gasteiger partial charge in [0.1, 0.15) is 0 Å². The van der Waals surface area contributed by atoms with Crippen molar-refractivity contribution in [2.24, 2.45) is 0 Å². The van der Waals surface area contributed by atoms with E-state index in [1.165, 1.54) is 0 Å². The van der Waals surface area contributed by atoms with Gasteiger partial charge in [0.2, 0.25) is 0 Å². The number of carbonyl (C=O) groups is 1. The lowest BCUT2D eigenvalue weighted by Crippen LogP contribution is -2.45. The van der Waals surface area contributed by atoms with Crippen LogP contribution in [-0.4, -0.2) is 66.3 Å². The second-order valence-corrected chi connectivity index (χ2v) is 17.6. The van der Waals surface area contributed by atoms with Crippen LogP contribution in [0.2, 0.25) is 39.3 Å². The van der Waals surface area contributed by atoms with Crippen molar-refractivity contribution in [3.05, 3.63) is 0 Å². The van der Waals surface area contributed by atoms with E-state index in [4.69, 9.17) is 20.5 Å². The quantitative estimate of drug-likeness (QED) is 0.260. The van der Waals surface area contributed by atoms with Crippen LogP contribution in [-0.2, 0) is 8.85 Å². The van der Waals surface area contributed by atoms with E-state index in [1.807, 2.05) is 4.90 Å². The summed E-state index contributed by atoms with van der Waals surface area (Å²) in [5, 5.41) is 3.02. The Labute approximate surface area is 162 Å². The number of nitrogens with zero attached hydrogens (tertiary/aromatic N) is 1. The third-order valence-corrected chi connectivity index (χ3v) is 5.82. The summed E-state index contributed by atoms with van der Waals surface area (Å²) in [6.07, 6.45) is 4.26. The highest BCUT2D eigenvalue weighted by Crippen LogP contribution is 2.05. The van der Waals surface area contributed by atoms with Gasteiger partial charge in [-0.15, -0.1) is 11.6 Å². The summed E-state index contributed by atoms with van der Waals surface area (Å²) in [6.45, 7) is 16.1. The van der Waals surface area contributed by atoms with Gasteiger partial charge in [0.05, 0.1) is 13.2 Å². The Bertz CT molecular complexity index is 341. The number of urea groups is 1. The summed E-state index contributed by atoms with van der Waals surface area (Å²) in [7, 11) is -3.12. The molecule has 5 nitrogen and oxygen atoms in total. The predicted octanol–water partition coefficient (Wildman–Crippen LogP) is 4.50. The Morgan fingerprint density at radius 3 is 1.80 bits per heavy atom. The van der Waals surface area contributed by atoms with Crippen molar-refractivity contribution >= 4 is 34.3 Å². The van der Waals surface area contributed by atoms with Gasteiger partial charge in [-0.25, -0.2) is 4.79 Å². The summed E-state index contributed by atoms with van der Waals surface area (Å²) < 4.78 is 11.8. The molecule has 0 fully saturated rings. The normalized spacial score (nSPS) is 12.3. The highest BCUT2D eigenvalue weighted by molar-refractivity contribution is 6.70. The van der Waals surface area contributed by atoms with Crippen LogP contribution < -0.4 is 5.32 Å². The fourth-order valence-corrected chi connectivity index (χ4v) is 3.72. The fraction of sp³-hybridized carbons (Fsp3) is 0.941. The molecule has 0 aromatic carbocycles. The second-order valence-electron chi connectivity index (χ2n) is 8.24. The van der Waals surface area contributed by atoms with Crippen LogP contribution in [0, 0.1) is 0 Å². The molecule has 0 unspecified atom stereocenters. The van der Waals surface area contributed by atoms with Crippen LogP contribution in [0.4, 0.5) is 4.79 Å². The number of alkyl halides is 1. The topological polar surface area (TPSA) is 50.8 Å². The molecule has 0 aromatic heterocycles. The molecule has 0 heterocycles. The number of nitrogens with one attached hydrogen (secondary N) is 1. The van der Waals surface area contributed by atoms with Crippen molar-refractivity contribution in [1.82, 2.24) is 10.2 Å². The molecule has 0 aliphatic rings. The number of rotatable bonds is 14. The second kappa shape index (κ2) is 13.1. The van der Waals surface area contributed by atoms with Gasteiger partial charge in [-0.3, -0.25) is 0 Å². The first-order valence-corrected chi connectivity index (χ1v) is 16.8. The molecule has 0 bridgehead atoms. The number of halogens is 1. The molecule has 0 aliphatic carbocycles. The molecule has 0 atom stereocenters. The molecular formula is C17H39ClN2O3Si2.